The zero-order chi connectivity index (χ0) is 17.0. The van der Waals surface area contributed by atoms with Gasteiger partial charge in [-0.1, -0.05) is 35.8 Å². The smallest absolute Gasteiger partial charge is 0.349 e. The lowest BCUT2D eigenvalue weighted by atomic mass is 10.0. The molecule has 0 unspecified atom stereocenters. The summed E-state index contributed by atoms with van der Waals surface area (Å²) in [5.74, 6) is 1.11. The van der Waals surface area contributed by atoms with Crippen molar-refractivity contribution < 1.29 is 14.3 Å². The summed E-state index contributed by atoms with van der Waals surface area (Å²) in [7, 11) is 0. The van der Waals surface area contributed by atoms with E-state index in [0.29, 0.717) is 11.5 Å². The van der Waals surface area contributed by atoms with Crippen molar-refractivity contribution in [3.05, 3.63) is 57.6 Å². The molecule has 0 aliphatic carbocycles. The van der Waals surface area contributed by atoms with E-state index in [0.717, 1.165) is 21.2 Å². The van der Waals surface area contributed by atoms with Gasteiger partial charge >= 0.3 is 5.97 Å². The average molecular weight is 377 g/mol. The first-order valence-electron chi connectivity index (χ1n) is 7.56. The molecule has 2 aromatic carbocycles. The maximum atomic E-state index is 12.1. The van der Waals surface area contributed by atoms with Crippen molar-refractivity contribution in [2.75, 3.05) is 6.61 Å². The zero-order valence-electron chi connectivity index (χ0n) is 13.9. The van der Waals surface area contributed by atoms with Gasteiger partial charge in [0.05, 0.1) is 0 Å². The third kappa shape index (κ3) is 5.10. The van der Waals surface area contributed by atoms with E-state index in [-0.39, 0.29) is 12.5 Å². The highest BCUT2D eigenvalue weighted by atomic mass is 79.9. The molecule has 0 N–H and O–H groups in total. The second-order valence-corrected chi connectivity index (χ2v) is 6.84. The van der Waals surface area contributed by atoms with Crippen molar-refractivity contribution in [2.24, 2.45) is 0 Å². The molecule has 4 heteroatoms. The number of hydrogen-bond donors (Lipinski definition) is 0. The van der Waals surface area contributed by atoms with E-state index in [4.69, 9.17) is 9.47 Å². The van der Waals surface area contributed by atoms with Crippen LogP contribution in [-0.2, 0) is 4.79 Å². The number of halogens is 1. The molecule has 2 aromatic rings. The van der Waals surface area contributed by atoms with Crippen molar-refractivity contribution in [1.82, 2.24) is 0 Å². The van der Waals surface area contributed by atoms with Crippen molar-refractivity contribution in [1.29, 1.82) is 0 Å². The fraction of sp³-hybridized carbons (Fsp3) is 0.316. The van der Waals surface area contributed by atoms with Gasteiger partial charge in [0.25, 0.3) is 0 Å². The Hall–Kier alpha value is -1.81. The highest BCUT2D eigenvalue weighted by molar-refractivity contribution is 9.10. The molecule has 0 saturated heterocycles. The Kier molecular flexibility index (Phi) is 5.83. The number of hydrogen-bond acceptors (Lipinski definition) is 3. The van der Waals surface area contributed by atoms with Gasteiger partial charge in [-0.05, 0) is 66.8 Å². The van der Waals surface area contributed by atoms with Crippen LogP contribution in [0.15, 0.2) is 40.9 Å². The van der Waals surface area contributed by atoms with Crippen molar-refractivity contribution in [3.8, 4) is 11.5 Å². The van der Waals surface area contributed by atoms with Crippen LogP contribution in [0.5, 0.6) is 11.5 Å². The molecule has 0 aliphatic heterocycles. The Balaban J connectivity index is 2.02. The van der Waals surface area contributed by atoms with Gasteiger partial charge in [0, 0.05) is 4.47 Å². The highest BCUT2D eigenvalue weighted by Gasteiger charge is 2.13. The molecule has 0 saturated carbocycles. The van der Waals surface area contributed by atoms with Crippen LogP contribution in [0, 0.1) is 13.8 Å². The normalized spacial score (nSPS) is 10.7. The van der Waals surface area contributed by atoms with Gasteiger partial charge in [-0.2, -0.15) is 0 Å². The summed E-state index contributed by atoms with van der Waals surface area (Å²) in [6.45, 7) is 8.00. The lowest BCUT2D eigenvalue weighted by molar-refractivity contribution is -0.136. The maximum absolute atomic E-state index is 12.1. The molecule has 0 aliphatic rings. The second kappa shape index (κ2) is 7.64. The van der Waals surface area contributed by atoms with Gasteiger partial charge in [-0.25, -0.2) is 4.79 Å². The standard InChI is InChI=1S/C19H21BrO3/c1-12(2)17-10-15(20)5-6-18(17)23-19(21)11-22-16-8-13(3)7-14(4)9-16/h5-10,12H,11H2,1-4H3. The van der Waals surface area contributed by atoms with Gasteiger partial charge in [0.15, 0.2) is 6.61 Å². The summed E-state index contributed by atoms with van der Waals surface area (Å²) < 4.78 is 12.0. The predicted molar refractivity (Wildman–Crippen MR) is 95.3 cm³/mol. The molecule has 0 amide bonds. The van der Waals surface area contributed by atoms with Crippen LogP contribution in [-0.4, -0.2) is 12.6 Å². The minimum absolute atomic E-state index is 0.115. The van der Waals surface area contributed by atoms with E-state index in [2.05, 4.69) is 35.8 Å². The molecule has 0 heterocycles. The average Bonchev–Trinajstić information content (AvgIpc) is 2.46. The number of benzene rings is 2. The molecule has 122 valence electrons. The Bertz CT molecular complexity index is 688. The number of carbonyl (C=O) groups is 1. The highest BCUT2D eigenvalue weighted by Crippen LogP contribution is 2.29. The monoisotopic (exact) mass is 376 g/mol. The predicted octanol–water partition coefficient (Wildman–Crippen LogP) is 5.17. The topological polar surface area (TPSA) is 35.5 Å². The van der Waals surface area contributed by atoms with Gasteiger partial charge in [-0.3, -0.25) is 0 Å². The molecule has 0 spiro atoms. The molecule has 23 heavy (non-hydrogen) atoms. The first-order chi connectivity index (χ1) is 10.8. The van der Waals surface area contributed by atoms with E-state index >= 15 is 0 Å². The minimum Gasteiger partial charge on any atom is -0.482 e. The number of aryl methyl sites for hydroxylation is 2. The van der Waals surface area contributed by atoms with Gasteiger partial charge in [-0.15, -0.1) is 0 Å². The zero-order valence-corrected chi connectivity index (χ0v) is 15.4. The van der Waals surface area contributed by atoms with Crippen LogP contribution in [0.1, 0.15) is 36.5 Å². The number of carbonyl (C=O) groups excluding carboxylic acids is 1. The maximum Gasteiger partial charge on any atom is 0.349 e. The summed E-state index contributed by atoms with van der Waals surface area (Å²) in [6, 6.07) is 11.5. The molecule has 3 nitrogen and oxygen atoms in total. The fourth-order valence-electron chi connectivity index (χ4n) is 2.37. The van der Waals surface area contributed by atoms with Crippen LogP contribution in [0.2, 0.25) is 0 Å². The third-order valence-electron chi connectivity index (χ3n) is 3.37. The SMILES string of the molecule is Cc1cc(C)cc(OCC(=O)Oc2ccc(Br)cc2C(C)C)c1. The van der Waals surface area contributed by atoms with E-state index in [1.54, 1.807) is 6.07 Å². The summed E-state index contributed by atoms with van der Waals surface area (Å²) in [5.41, 5.74) is 3.19. The Morgan fingerprint density at radius 3 is 2.35 bits per heavy atom. The second-order valence-electron chi connectivity index (χ2n) is 5.92. The third-order valence-corrected chi connectivity index (χ3v) is 3.86. The van der Waals surface area contributed by atoms with Gasteiger partial charge in [0.2, 0.25) is 0 Å². The van der Waals surface area contributed by atoms with Crippen LogP contribution < -0.4 is 9.47 Å². The van der Waals surface area contributed by atoms with Crippen LogP contribution >= 0.6 is 15.9 Å². The first kappa shape index (κ1) is 17.5. The van der Waals surface area contributed by atoms with Crippen molar-refractivity contribution in [3.63, 3.8) is 0 Å². The molecular weight excluding hydrogens is 356 g/mol. The van der Waals surface area contributed by atoms with E-state index < -0.39 is 5.97 Å². The minimum atomic E-state index is -0.409. The lowest BCUT2D eigenvalue weighted by Gasteiger charge is -2.14. The molecule has 0 atom stereocenters. The summed E-state index contributed by atoms with van der Waals surface area (Å²) >= 11 is 3.44. The van der Waals surface area contributed by atoms with Gasteiger partial charge < -0.3 is 9.47 Å². The summed E-state index contributed by atoms with van der Waals surface area (Å²) in [6.07, 6.45) is 0. The van der Waals surface area contributed by atoms with Crippen LogP contribution in [0.3, 0.4) is 0 Å². The molecule has 2 rings (SSSR count). The first-order valence-corrected chi connectivity index (χ1v) is 8.35. The molecule has 0 bridgehead atoms. The molecule has 0 aromatic heterocycles. The van der Waals surface area contributed by atoms with Gasteiger partial charge in [0.1, 0.15) is 11.5 Å². The van der Waals surface area contributed by atoms with Crippen molar-refractivity contribution >= 4 is 21.9 Å². The fourth-order valence-corrected chi connectivity index (χ4v) is 2.75. The summed E-state index contributed by atoms with van der Waals surface area (Å²) in [4.78, 5) is 12.1. The largest absolute Gasteiger partial charge is 0.482 e. The number of ether oxygens (including phenoxy) is 2. The number of rotatable bonds is 5. The summed E-state index contributed by atoms with van der Waals surface area (Å²) in [5, 5.41) is 0. The van der Waals surface area contributed by atoms with Crippen LogP contribution in [0.4, 0.5) is 0 Å². The Morgan fingerprint density at radius 2 is 1.74 bits per heavy atom. The van der Waals surface area contributed by atoms with Crippen LogP contribution in [0.25, 0.3) is 0 Å². The van der Waals surface area contributed by atoms with E-state index in [9.17, 15) is 4.79 Å². The number of esters is 1. The Labute approximate surface area is 145 Å². The molecule has 0 fully saturated rings. The van der Waals surface area contributed by atoms with E-state index in [1.807, 2.05) is 38.1 Å². The lowest BCUT2D eigenvalue weighted by Crippen LogP contribution is -2.18. The molecular formula is C19H21BrO3. The Morgan fingerprint density at radius 1 is 1.09 bits per heavy atom. The van der Waals surface area contributed by atoms with Crippen molar-refractivity contribution in [2.45, 2.75) is 33.6 Å². The van der Waals surface area contributed by atoms with E-state index in [1.165, 1.54) is 0 Å². The quantitative estimate of drug-likeness (QED) is 0.533. The molecule has 0 radical (unpaired) electrons.